The smallest absolute Gasteiger partial charge is 0.0469 e. The van der Waals surface area contributed by atoms with Gasteiger partial charge in [-0.3, -0.25) is 0 Å². The molecule has 1 saturated heterocycles. The Kier molecular flexibility index (Phi) is 5.67. The van der Waals surface area contributed by atoms with Gasteiger partial charge < -0.3 is 10.1 Å². The number of hydrogen-bond donors (Lipinski definition) is 1. The third-order valence-electron chi connectivity index (χ3n) is 3.59. The highest BCUT2D eigenvalue weighted by Crippen LogP contribution is 2.24. The zero-order valence-corrected chi connectivity index (χ0v) is 13.8. The third kappa shape index (κ3) is 4.05. The van der Waals surface area contributed by atoms with Gasteiger partial charge in [-0.05, 0) is 75.2 Å². The summed E-state index contributed by atoms with van der Waals surface area (Å²) < 4.78 is 7.61. The van der Waals surface area contributed by atoms with Crippen LogP contribution in [0.25, 0.3) is 0 Å². The Labute approximate surface area is 126 Å². The summed E-state index contributed by atoms with van der Waals surface area (Å²) in [5.41, 5.74) is 1.31. The van der Waals surface area contributed by atoms with Crippen LogP contribution >= 0.6 is 31.9 Å². The highest BCUT2D eigenvalue weighted by atomic mass is 79.9. The Bertz CT molecular complexity index is 391. The summed E-state index contributed by atoms with van der Waals surface area (Å²) in [6.45, 7) is 5.04. The third-order valence-corrected chi connectivity index (χ3v) is 5.46. The van der Waals surface area contributed by atoms with Crippen molar-refractivity contribution in [2.45, 2.75) is 32.4 Å². The van der Waals surface area contributed by atoms with Gasteiger partial charge >= 0.3 is 0 Å². The molecule has 1 atom stereocenters. The van der Waals surface area contributed by atoms with E-state index < -0.39 is 0 Å². The lowest BCUT2D eigenvalue weighted by Crippen LogP contribution is -2.36. The molecule has 1 fully saturated rings. The Morgan fingerprint density at radius 2 is 2.00 bits per heavy atom. The van der Waals surface area contributed by atoms with Crippen molar-refractivity contribution in [3.8, 4) is 0 Å². The first-order valence-corrected chi connectivity index (χ1v) is 8.00. The van der Waals surface area contributed by atoms with E-state index in [1.165, 1.54) is 18.4 Å². The molecule has 0 spiro atoms. The van der Waals surface area contributed by atoms with E-state index in [4.69, 9.17) is 4.74 Å². The Balaban J connectivity index is 1.84. The molecule has 1 unspecified atom stereocenters. The van der Waals surface area contributed by atoms with Gasteiger partial charge in [0.15, 0.2) is 0 Å². The van der Waals surface area contributed by atoms with Gasteiger partial charge in [-0.1, -0.05) is 6.07 Å². The summed E-state index contributed by atoms with van der Waals surface area (Å²) in [4.78, 5) is 0. The molecule has 0 saturated carbocycles. The second-order valence-electron chi connectivity index (χ2n) is 4.87. The first-order valence-electron chi connectivity index (χ1n) is 6.42. The van der Waals surface area contributed by atoms with Gasteiger partial charge in [0.2, 0.25) is 0 Å². The second kappa shape index (κ2) is 7.04. The molecule has 0 amide bonds. The molecule has 18 heavy (non-hydrogen) atoms. The number of hydrogen-bond acceptors (Lipinski definition) is 2. The number of benzene rings is 1. The van der Waals surface area contributed by atoms with Crippen LogP contribution in [0, 0.1) is 5.92 Å². The van der Waals surface area contributed by atoms with Crippen LogP contribution in [-0.2, 0) is 11.3 Å². The van der Waals surface area contributed by atoms with E-state index >= 15 is 0 Å². The van der Waals surface area contributed by atoms with E-state index in [2.05, 4.69) is 62.3 Å². The van der Waals surface area contributed by atoms with Crippen LogP contribution in [0.15, 0.2) is 27.1 Å². The normalized spacial score (nSPS) is 18.8. The number of rotatable bonds is 4. The van der Waals surface area contributed by atoms with E-state index in [9.17, 15) is 0 Å². The van der Waals surface area contributed by atoms with Crippen molar-refractivity contribution in [1.29, 1.82) is 0 Å². The fraction of sp³-hybridized carbons (Fsp3) is 0.571. The maximum atomic E-state index is 5.40. The van der Waals surface area contributed by atoms with Gasteiger partial charge in [0.1, 0.15) is 0 Å². The number of nitrogens with one attached hydrogen (secondary N) is 1. The minimum atomic E-state index is 0.552. The van der Waals surface area contributed by atoms with Crippen molar-refractivity contribution in [1.82, 2.24) is 5.32 Å². The van der Waals surface area contributed by atoms with Crippen LogP contribution < -0.4 is 5.32 Å². The summed E-state index contributed by atoms with van der Waals surface area (Å²) in [5, 5.41) is 3.62. The quantitative estimate of drug-likeness (QED) is 0.853. The fourth-order valence-electron chi connectivity index (χ4n) is 2.31. The van der Waals surface area contributed by atoms with E-state index in [0.29, 0.717) is 6.04 Å². The molecule has 1 N–H and O–H groups in total. The minimum Gasteiger partial charge on any atom is -0.381 e. The van der Waals surface area contributed by atoms with Crippen LogP contribution in [0.3, 0.4) is 0 Å². The van der Waals surface area contributed by atoms with Crippen molar-refractivity contribution >= 4 is 31.9 Å². The lowest BCUT2D eigenvalue weighted by atomic mass is 9.93. The van der Waals surface area contributed by atoms with Crippen molar-refractivity contribution in [2.24, 2.45) is 5.92 Å². The lowest BCUT2D eigenvalue weighted by Gasteiger charge is -2.28. The van der Waals surface area contributed by atoms with Crippen LogP contribution in [0.1, 0.15) is 25.3 Å². The average molecular weight is 377 g/mol. The molecule has 1 aromatic rings. The molecule has 1 aliphatic rings. The first-order chi connectivity index (χ1) is 8.66. The van der Waals surface area contributed by atoms with Crippen molar-refractivity contribution in [3.63, 3.8) is 0 Å². The standard InChI is InChI=1S/C14H19Br2NO/c1-10(12-4-6-18-7-5-12)17-9-11-2-3-13(15)14(16)8-11/h2-3,8,10,12,17H,4-7,9H2,1H3. The van der Waals surface area contributed by atoms with Crippen LogP contribution in [0.2, 0.25) is 0 Å². The first kappa shape index (κ1) is 14.5. The molecule has 0 bridgehead atoms. The molecule has 100 valence electrons. The molecule has 2 nitrogen and oxygen atoms in total. The molecular weight excluding hydrogens is 358 g/mol. The van der Waals surface area contributed by atoms with Crippen molar-refractivity contribution in [3.05, 3.63) is 32.7 Å². The SMILES string of the molecule is CC(NCc1ccc(Br)c(Br)c1)C1CCOCC1. The molecule has 1 heterocycles. The summed E-state index contributed by atoms with van der Waals surface area (Å²) in [6.07, 6.45) is 2.36. The zero-order valence-electron chi connectivity index (χ0n) is 10.6. The average Bonchev–Trinajstić information content (AvgIpc) is 2.41. The second-order valence-corrected chi connectivity index (χ2v) is 6.58. The molecule has 0 aromatic heterocycles. The molecule has 4 heteroatoms. The van der Waals surface area contributed by atoms with Gasteiger partial charge in [0, 0.05) is 34.7 Å². The van der Waals surface area contributed by atoms with E-state index in [0.717, 1.165) is 34.6 Å². The van der Waals surface area contributed by atoms with Crippen molar-refractivity contribution < 1.29 is 4.74 Å². The summed E-state index contributed by atoms with van der Waals surface area (Å²) in [7, 11) is 0. The van der Waals surface area contributed by atoms with Gasteiger partial charge in [-0.2, -0.15) is 0 Å². The topological polar surface area (TPSA) is 21.3 Å². The van der Waals surface area contributed by atoms with E-state index in [1.807, 2.05) is 0 Å². The van der Waals surface area contributed by atoms with Gasteiger partial charge in [0.05, 0.1) is 0 Å². The van der Waals surface area contributed by atoms with Crippen LogP contribution in [0.5, 0.6) is 0 Å². The fourth-order valence-corrected chi connectivity index (χ4v) is 2.98. The van der Waals surface area contributed by atoms with E-state index in [-0.39, 0.29) is 0 Å². The molecule has 1 aliphatic heterocycles. The molecule has 0 aliphatic carbocycles. The maximum absolute atomic E-state index is 5.40. The molecule has 2 rings (SSSR count). The van der Waals surface area contributed by atoms with Gasteiger partial charge in [-0.15, -0.1) is 0 Å². The number of ether oxygens (including phenoxy) is 1. The molecule has 0 radical (unpaired) electrons. The predicted molar refractivity (Wildman–Crippen MR) is 81.7 cm³/mol. The van der Waals surface area contributed by atoms with Crippen LogP contribution in [-0.4, -0.2) is 19.3 Å². The predicted octanol–water partition coefficient (Wildman–Crippen LogP) is 4.12. The largest absolute Gasteiger partial charge is 0.381 e. The Morgan fingerprint density at radius 1 is 1.28 bits per heavy atom. The van der Waals surface area contributed by atoms with Crippen molar-refractivity contribution in [2.75, 3.05) is 13.2 Å². The van der Waals surface area contributed by atoms with Crippen LogP contribution in [0.4, 0.5) is 0 Å². The maximum Gasteiger partial charge on any atom is 0.0469 e. The zero-order chi connectivity index (χ0) is 13.0. The summed E-state index contributed by atoms with van der Waals surface area (Å²) in [6, 6.07) is 6.95. The molecule has 1 aromatic carbocycles. The highest BCUT2D eigenvalue weighted by molar-refractivity contribution is 9.13. The molecular formula is C14H19Br2NO. The minimum absolute atomic E-state index is 0.552. The Morgan fingerprint density at radius 3 is 2.67 bits per heavy atom. The summed E-state index contributed by atoms with van der Waals surface area (Å²) in [5.74, 6) is 0.748. The summed E-state index contributed by atoms with van der Waals surface area (Å²) >= 11 is 7.03. The van der Waals surface area contributed by atoms with Gasteiger partial charge in [0.25, 0.3) is 0 Å². The highest BCUT2D eigenvalue weighted by Gasteiger charge is 2.19. The lowest BCUT2D eigenvalue weighted by molar-refractivity contribution is 0.0558. The number of halogens is 2. The monoisotopic (exact) mass is 375 g/mol. The van der Waals surface area contributed by atoms with Gasteiger partial charge in [-0.25, -0.2) is 0 Å². The Hall–Kier alpha value is 0.1000. The van der Waals surface area contributed by atoms with E-state index in [1.54, 1.807) is 0 Å².